The van der Waals surface area contributed by atoms with E-state index in [2.05, 4.69) is 21.2 Å². The summed E-state index contributed by atoms with van der Waals surface area (Å²) >= 11 is 9.65. The maximum atomic E-state index is 9.71. The van der Waals surface area contributed by atoms with E-state index in [-0.39, 0.29) is 6.04 Å². The minimum absolute atomic E-state index is 0.209. The molecule has 0 heterocycles. The number of rotatable bonds is 2. The first kappa shape index (κ1) is 13.8. The molecular formula is C16H15BrClNO. The van der Waals surface area contributed by atoms with Gasteiger partial charge in [-0.25, -0.2) is 0 Å². The minimum atomic E-state index is 0.209. The molecule has 1 aliphatic rings. The quantitative estimate of drug-likeness (QED) is 0.769. The van der Waals surface area contributed by atoms with Gasteiger partial charge >= 0.3 is 0 Å². The lowest BCUT2D eigenvalue weighted by Gasteiger charge is -2.28. The van der Waals surface area contributed by atoms with Crippen molar-refractivity contribution in [2.75, 3.05) is 5.32 Å². The smallest absolute Gasteiger partial charge is 0.115 e. The number of hydrogen-bond acceptors (Lipinski definition) is 2. The zero-order valence-corrected chi connectivity index (χ0v) is 13.2. The third kappa shape index (κ3) is 2.65. The average molecular weight is 353 g/mol. The molecule has 2 N–H and O–H groups in total. The van der Waals surface area contributed by atoms with Crippen molar-refractivity contribution in [3.05, 3.63) is 57.0 Å². The van der Waals surface area contributed by atoms with E-state index in [0.29, 0.717) is 10.8 Å². The van der Waals surface area contributed by atoms with Gasteiger partial charge in [-0.1, -0.05) is 23.7 Å². The fourth-order valence-corrected chi connectivity index (χ4v) is 3.29. The van der Waals surface area contributed by atoms with Crippen LogP contribution in [0.4, 0.5) is 5.69 Å². The van der Waals surface area contributed by atoms with E-state index in [9.17, 15) is 5.11 Å². The zero-order valence-electron chi connectivity index (χ0n) is 10.9. The first-order valence-electron chi connectivity index (χ1n) is 6.67. The molecule has 0 bridgehead atoms. The molecule has 20 heavy (non-hydrogen) atoms. The normalized spacial score (nSPS) is 17.6. The van der Waals surface area contributed by atoms with Gasteiger partial charge in [0.25, 0.3) is 0 Å². The van der Waals surface area contributed by atoms with Crippen LogP contribution in [-0.2, 0) is 6.42 Å². The van der Waals surface area contributed by atoms with E-state index in [1.807, 2.05) is 30.3 Å². The van der Waals surface area contributed by atoms with Gasteiger partial charge in [-0.15, -0.1) is 0 Å². The van der Waals surface area contributed by atoms with Crippen molar-refractivity contribution in [3.63, 3.8) is 0 Å². The van der Waals surface area contributed by atoms with Crippen LogP contribution in [0.15, 0.2) is 40.9 Å². The summed E-state index contributed by atoms with van der Waals surface area (Å²) < 4.78 is 0.883. The van der Waals surface area contributed by atoms with Crippen LogP contribution in [0.5, 0.6) is 5.75 Å². The lowest BCUT2D eigenvalue weighted by molar-refractivity contribution is 0.471. The van der Waals surface area contributed by atoms with Crippen molar-refractivity contribution in [2.45, 2.75) is 25.3 Å². The van der Waals surface area contributed by atoms with Gasteiger partial charge in [-0.05, 0) is 70.6 Å². The SMILES string of the molecule is Oc1ccc2c(c1)C(Nc1cccc(Cl)c1Br)CCC2. The number of aryl methyl sites for hydroxylation is 1. The second-order valence-corrected chi connectivity index (χ2v) is 6.27. The molecule has 0 fully saturated rings. The van der Waals surface area contributed by atoms with E-state index in [1.54, 1.807) is 6.07 Å². The highest BCUT2D eigenvalue weighted by Gasteiger charge is 2.21. The Morgan fingerprint density at radius 2 is 2.10 bits per heavy atom. The van der Waals surface area contributed by atoms with Crippen LogP contribution in [0.25, 0.3) is 0 Å². The summed E-state index contributed by atoms with van der Waals surface area (Å²) in [6.07, 6.45) is 3.27. The fraction of sp³-hybridized carbons (Fsp3) is 0.250. The van der Waals surface area contributed by atoms with E-state index >= 15 is 0 Å². The minimum Gasteiger partial charge on any atom is -0.508 e. The van der Waals surface area contributed by atoms with Crippen molar-refractivity contribution >= 4 is 33.2 Å². The Morgan fingerprint density at radius 3 is 2.95 bits per heavy atom. The van der Waals surface area contributed by atoms with Gasteiger partial charge in [-0.3, -0.25) is 0 Å². The summed E-state index contributed by atoms with van der Waals surface area (Å²) in [7, 11) is 0. The first-order chi connectivity index (χ1) is 9.65. The molecule has 2 nitrogen and oxygen atoms in total. The number of nitrogens with one attached hydrogen (secondary N) is 1. The highest BCUT2D eigenvalue weighted by molar-refractivity contribution is 9.10. The van der Waals surface area contributed by atoms with Crippen LogP contribution in [0.1, 0.15) is 30.0 Å². The third-order valence-corrected chi connectivity index (χ3v) is 5.12. The summed E-state index contributed by atoms with van der Waals surface area (Å²) in [5.74, 6) is 0.322. The van der Waals surface area contributed by atoms with Crippen molar-refractivity contribution < 1.29 is 5.11 Å². The fourth-order valence-electron chi connectivity index (χ4n) is 2.74. The number of phenolic OH excluding ortho intramolecular Hbond substituents is 1. The number of aromatic hydroxyl groups is 1. The molecule has 0 radical (unpaired) electrons. The van der Waals surface area contributed by atoms with Gasteiger partial charge in [0.2, 0.25) is 0 Å². The summed E-state index contributed by atoms with van der Waals surface area (Å²) in [5.41, 5.74) is 3.48. The van der Waals surface area contributed by atoms with Crippen LogP contribution < -0.4 is 5.32 Å². The lowest BCUT2D eigenvalue weighted by Crippen LogP contribution is -2.17. The Morgan fingerprint density at radius 1 is 1.25 bits per heavy atom. The molecule has 1 aliphatic carbocycles. The Hall–Kier alpha value is -1.19. The molecule has 0 saturated carbocycles. The number of benzene rings is 2. The molecule has 104 valence electrons. The van der Waals surface area contributed by atoms with Gasteiger partial charge < -0.3 is 10.4 Å². The molecule has 0 spiro atoms. The van der Waals surface area contributed by atoms with Crippen molar-refractivity contribution in [1.29, 1.82) is 0 Å². The molecule has 0 aromatic heterocycles. The second kappa shape index (κ2) is 5.66. The van der Waals surface area contributed by atoms with E-state index in [0.717, 1.165) is 29.4 Å². The number of hydrogen-bond donors (Lipinski definition) is 2. The summed E-state index contributed by atoms with van der Waals surface area (Å²) in [6, 6.07) is 11.7. The molecule has 2 aromatic rings. The Kier molecular flexibility index (Phi) is 3.90. The molecule has 0 saturated heterocycles. The number of fused-ring (bicyclic) bond motifs is 1. The van der Waals surface area contributed by atoms with E-state index in [4.69, 9.17) is 11.6 Å². The van der Waals surface area contributed by atoms with Crippen LogP contribution in [0, 0.1) is 0 Å². The summed E-state index contributed by atoms with van der Waals surface area (Å²) in [5, 5.41) is 13.9. The highest BCUT2D eigenvalue weighted by Crippen LogP contribution is 2.37. The van der Waals surface area contributed by atoms with Gasteiger partial charge in [0.15, 0.2) is 0 Å². The highest BCUT2D eigenvalue weighted by atomic mass is 79.9. The average Bonchev–Trinajstić information content (AvgIpc) is 2.44. The molecule has 0 amide bonds. The maximum absolute atomic E-state index is 9.71. The second-order valence-electron chi connectivity index (χ2n) is 5.07. The molecule has 0 aliphatic heterocycles. The molecule has 1 atom stereocenters. The topological polar surface area (TPSA) is 32.3 Å². The molecular weight excluding hydrogens is 338 g/mol. The maximum Gasteiger partial charge on any atom is 0.115 e. The molecule has 4 heteroatoms. The summed E-state index contributed by atoms with van der Waals surface area (Å²) in [6.45, 7) is 0. The van der Waals surface area contributed by atoms with Crippen LogP contribution in [0.3, 0.4) is 0 Å². The molecule has 3 rings (SSSR count). The van der Waals surface area contributed by atoms with Gasteiger partial charge in [-0.2, -0.15) is 0 Å². The van der Waals surface area contributed by atoms with E-state index in [1.165, 1.54) is 11.1 Å². The Balaban J connectivity index is 1.93. The van der Waals surface area contributed by atoms with Crippen molar-refractivity contribution in [3.8, 4) is 5.75 Å². The predicted octanol–water partition coefficient (Wildman–Crippen LogP) is 5.30. The number of halogens is 2. The third-order valence-electron chi connectivity index (χ3n) is 3.73. The van der Waals surface area contributed by atoms with Crippen molar-refractivity contribution in [2.24, 2.45) is 0 Å². The predicted molar refractivity (Wildman–Crippen MR) is 86.6 cm³/mol. The number of phenols is 1. The number of anilines is 1. The van der Waals surface area contributed by atoms with Crippen LogP contribution >= 0.6 is 27.5 Å². The van der Waals surface area contributed by atoms with Crippen LogP contribution in [0.2, 0.25) is 5.02 Å². The molecule has 2 aromatic carbocycles. The van der Waals surface area contributed by atoms with Gasteiger partial charge in [0.1, 0.15) is 5.75 Å². The first-order valence-corrected chi connectivity index (χ1v) is 7.84. The lowest BCUT2D eigenvalue weighted by atomic mass is 9.87. The van der Waals surface area contributed by atoms with Crippen molar-refractivity contribution in [1.82, 2.24) is 0 Å². The Labute approximate surface area is 131 Å². The zero-order chi connectivity index (χ0) is 14.1. The standard InChI is InChI=1S/C16H15BrClNO/c17-16-13(18)4-2-6-15(16)19-14-5-1-3-10-7-8-11(20)9-12(10)14/h2,4,6-9,14,19-20H,1,3,5H2. The van der Waals surface area contributed by atoms with Gasteiger partial charge in [0.05, 0.1) is 21.2 Å². The summed E-state index contributed by atoms with van der Waals surface area (Å²) in [4.78, 5) is 0. The molecule has 1 unspecified atom stereocenters. The Bertz CT molecular complexity index is 644. The largest absolute Gasteiger partial charge is 0.508 e. The monoisotopic (exact) mass is 351 g/mol. The van der Waals surface area contributed by atoms with E-state index < -0.39 is 0 Å². The van der Waals surface area contributed by atoms with Gasteiger partial charge in [0, 0.05) is 0 Å². The van der Waals surface area contributed by atoms with Crippen LogP contribution in [-0.4, -0.2) is 5.11 Å².